The SMILES string of the molecule is Cc1ccc2c(c1)C(C)(C)c1cc(-c3sc(-c4cc(C)c(-c5ccc6c(c5)C(C)(C)c5cc(C)ccc5-6)s4)cc3C)ccc1-2. The quantitative estimate of drug-likeness (QED) is 0.188. The predicted octanol–water partition coefficient (Wildman–Crippen LogP) is 12.7. The van der Waals surface area contributed by atoms with Gasteiger partial charge in [0.1, 0.15) is 0 Å². The minimum atomic E-state index is 0.00504. The van der Waals surface area contributed by atoms with Crippen molar-refractivity contribution in [1.82, 2.24) is 0 Å². The minimum absolute atomic E-state index is 0.00504. The molecule has 0 unspecified atom stereocenters. The van der Waals surface area contributed by atoms with Gasteiger partial charge in [-0.25, -0.2) is 0 Å². The number of fused-ring (bicyclic) bond motifs is 6. The molecule has 2 aliphatic rings. The average Bonchev–Trinajstić information content (AvgIpc) is 3.69. The van der Waals surface area contributed by atoms with Gasteiger partial charge in [0.15, 0.2) is 0 Å². The van der Waals surface area contributed by atoms with E-state index in [4.69, 9.17) is 0 Å². The fourth-order valence-corrected chi connectivity index (χ4v) is 10.2. The van der Waals surface area contributed by atoms with Gasteiger partial charge in [0.2, 0.25) is 0 Å². The predicted molar refractivity (Wildman–Crippen MR) is 193 cm³/mol. The number of benzene rings is 4. The molecular formula is C42H38S2. The molecule has 0 N–H and O–H groups in total. The summed E-state index contributed by atoms with van der Waals surface area (Å²) in [6.45, 7) is 18.5. The van der Waals surface area contributed by atoms with Crippen LogP contribution < -0.4 is 0 Å². The van der Waals surface area contributed by atoms with E-state index in [-0.39, 0.29) is 10.8 Å². The van der Waals surface area contributed by atoms with Crippen LogP contribution in [-0.2, 0) is 10.8 Å². The van der Waals surface area contributed by atoms with Crippen LogP contribution >= 0.6 is 22.7 Å². The average molecular weight is 607 g/mol. The van der Waals surface area contributed by atoms with Crippen molar-refractivity contribution in [2.24, 2.45) is 0 Å². The molecule has 4 aromatic carbocycles. The van der Waals surface area contributed by atoms with Gasteiger partial charge in [0.05, 0.1) is 0 Å². The molecule has 8 rings (SSSR count). The molecule has 0 nitrogen and oxygen atoms in total. The Kier molecular flexibility index (Phi) is 5.94. The number of aryl methyl sites for hydroxylation is 4. The van der Waals surface area contributed by atoms with Crippen molar-refractivity contribution >= 4 is 22.7 Å². The van der Waals surface area contributed by atoms with Gasteiger partial charge in [-0.3, -0.25) is 0 Å². The lowest BCUT2D eigenvalue weighted by atomic mass is 9.81. The van der Waals surface area contributed by atoms with Crippen LogP contribution in [0.1, 0.15) is 72.2 Å². The molecule has 44 heavy (non-hydrogen) atoms. The molecule has 2 heterocycles. The Balaban J connectivity index is 1.15. The first-order valence-electron chi connectivity index (χ1n) is 15.7. The van der Waals surface area contributed by atoms with Crippen molar-refractivity contribution < 1.29 is 0 Å². The summed E-state index contributed by atoms with van der Waals surface area (Å²) in [5.41, 5.74) is 19.4. The van der Waals surface area contributed by atoms with E-state index in [2.05, 4.69) is 140 Å². The molecule has 0 spiro atoms. The van der Waals surface area contributed by atoms with E-state index in [1.54, 1.807) is 0 Å². The zero-order valence-electron chi connectivity index (χ0n) is 26.9. The second-order valence-electron chi connectivity index (χ2n) is 14.1. The summed E-state index contributed by atoms with van der Waals surface area (Å²) in [7, 11) is 0. The Hall–Kier alpha value is -3.72. The van der Waals surface area contributed by atoms with E-state index in [1.807, 2.05) is 22.7 Å². The van der Waals surface area contributed by atoms with Crippen LogP contribution in [0.2, 0.25) is 0 Å². The van der Waals surface area contributed by atoms with Crippen LogP contribution in [0.25, 0.3) is 52.9 Å². The third-order valence-electron chi connectivity index (χ3n) is 10.3. The molecule has 0 radical (unpaired) electrons. The Morgan fingerprint density at radius 3 is 1.14 bits per heavy atom. The first-order valence-corrected chi connectivity index (χ1v) is 17.3. The standard InChI is InChI=1S/C42H38S2/c1-23-9-13-29-31-15-11-27(21-35(31)41(5,6)33(29)17-23)39-25(3)19-37(43-39)38-20-26(4)40(44-38)28-12-16-32-30-14-10-24(2)18-34(30)42(7,8)36(32)22-28/h9-22H,1-8H3. The third-order valence-corrected chi connectivity index (χ3v) is 13.0. The van der Waals surface area contributed by atoms with Gasteiger partial charge in [-0.1, -0.05) is 99.5 Å². The van der Waals surface area contributed by atoms with Crippen molar-refractivity contribution in [3.05, 3.63) is 129 Å². The molecule has 0 saturated heterocycles. The highest BCUT2D eigenvalue weighted by molar-refractivity contribution is 7.25. The second kappa shape index (κ2) is 9.39. The van der Waals surface area contributed by atoms with Crippen LogP contribution in [0.3, 0.4) is 0 Å². The summed E-state index contributed by atoms with van der Waals surface area (Å²) in [5.74, 6) is 0. The molecule has 218 valence electrons. The molecule has 2 heteroatoms. The molecule has 2 aromatic heterocycles. The summed E-state index contributed by atoms with van der Waals surface area (Å²) in [4.78, 5) is 5.48. The van der Waals surface area contributed by atoms with Crippen molar-refractivity contribution in [3.63, 3.8) is 0 Å². The fourth-order valence-electron chi connectivity index (χ4n) is 7.77. The van der Waals surface area contributed by atoms with E-state index < -0.39 is 0 Å². The topological polar surface area (TPSA) is 0 Å². The second-order valence-corrected chi connectivity index (χ2v) is 16.2. The minimum Gasteiger partial charge on any atom is -0.134 e. The molecule has 0 atom stereocenters. The molecule has 0 saturated carbocycles. The van der Waals surface area contributed by atoms with Gasteiger partial charge in [0.25, 0.3) is 0 Å². The van der Waals surface area contributed by atoms with Crippen LogP contribution in [0.15, 0.2) is 84.9 Å². The number of rotatable bonds is 3. The largest absolute Gasteiger partial charge is 0.134 e. The summed E-state index contributed by atoms with van der Waals surface area (Å²) in [5, 5.41) is 0. The Morgan fingerprint density at radius 2 is 0.750 bits per heavy atom. The first kappa shape index (κ1) is 27.8. The smallest absolute Gasteiger partial charge is 0.0452 e. The van der Waals surface area contributed by atoms with E-state index >= 15 is 0 Å². The van der Waals surface area contributed by atoms with Gasteiger partial charge in [-0.2, -0.15) is 0 Å². The number of thiophene rings is 2. The van der Waals surface area contributed by atoms with Gasteiger partial charge in [0, 0.05) is 30.3 Å². The summed E-state index contributed by atoms with van der Waals surface area (Å²) >= 11 is 3.88. The first-order chi connectivity index (χ1) is 20.9. The lowest BCUT2D eigenvalue weighted by Gasteiger charge is -2.22. The third kappa shape index (κ3) is 3.93. The number of hydrogen-bond donors (Lipinski definition) is 0. The summed E-state index contributed by atoms with van der Waals surface area (Å²) in [6.07, 6.45) is 0. The van der Waals surface area contributed by atoms with E-state index in [9.17, 15) is 0 Å². The fraction of sp³-hybridized carbons (Fsp3) is 0.238. The zero-order valence-corrected chi connectivity index (χ0v) is 28.5. The Labute approximate surface area is 270 Å². The van der Waals surface area contributed by atoms with E-state index in [0.717, 1.165) is 0 Å². The normalized spacial score (nSPS) is 15.2. The highest BCUT2D eigenvalue weighted by Gasteiger charge is 2.37. The molecule has 0 aliphatic heterocycles. The van der Waals surface area contributed by atoms with E-state index in [0.29, 0.717) is 0 Å². The van der Waals surface area contributed by atoms with Crippen molar-refractivity contribution in [2.75, 3.05) is 0 Å². The maximum atomic E-state index is 2.46. The molecule has 6 aromatic rings. The van der Waals surface area contributed by atoms with Crippen LogP contribution in [0.5, 0.6) is 0 Å². The van der Waals surface area contributed by atoms with Crippen molar-refractivity contribution in [1.29, 1.82) is 0 Å². The number of hydrogen-bond acceptors (Lipinski definition) is 2. The molecule has 0 amide bonds. The van der Waals surface area contributed by atoms with Gasteiger partial charge >= 0.3 is 0 Å². The van der Waals surface area contributed by atoms with Crippen LogP contribution in [-0.4, -0.2) is 0 Å². The van der Waals surface area contributed by atoms with Gasteiger partial charge < -0.3 is 0 Å². The monoisotopic (exact) mass is 606 g/mol. The highest BCUT2D eigenvalue weighted by atomic mass is 32.1. The van der Waals surface area contributed by atoms with Gasteiger partial charge in [-0.15, -0.1) is 22.7 Å². The molecule has 0 bridgehead atoms. The van der Waals surface area contributed by atoms with Crippen molar-refractivity contribution in [3.8, 4) is 52.9 Å². The lowest BCUT2D eigenvalue weighted by Crippen LogP contribution is -2.15. The Morgan fingerprint density at radius 1 is 0.409 bits per heavy atom. The Bertz CT molecular complexity index is 2010. The summed E-state index contributed by atoms with van der Waals surface area (Å²) in [6, 6.07) is 33.0. The van der Waals surface area contributed by atoms with Crippen molar-refractivity contribution in [2.45, 2.75) is 66.2 Å². The lowest BCUT2D eigenvalue weighted by molar-refractivity contribution is 0.660. The van der Waals surface area contributed by atoms with Crippen LogP contribution in [0, 0.1) is 27.7 Å². The maximum absolute atomic E-state index is 2.46. The zero-order chi connectivity index (χ0) is 30.7. The molecule has 0 fully saturated rings. The van der Waals surface area contributed by atoms with Crippen LogP contribution in [0.4, 0.5) is 0 Å². The molecule has 2 aliphatic carbocycles. The summed E-state index contributed by atoms with van der Waals surface area (Å²) < 4.78 is 0. The van der Waals surface area contributed by atoms with E-state index in [1.165, 1.54) is 97.4 Å². The highest BCUT2D eigenvalue weighted by Crippen LogP contribution is 2.53. The van der Waals surface area contributed by atoms with Gasteiger partial charge in [-0.05, 0) is 119 Å². The molecular weight excluding hydrogens is 569 g/mol. The maximum Gasteiger partial charge on any atom is 0.0452 e.